The molecule has 0 saturated heterocycles. The zero-order chi connectivity index (χ0) is 21.8. The summed E-state index contributed by atoms with van der Waals surface area (Å²) in [6.45, 7) is -0.0820. The van der Waals surface area contributed by atoms with Crippen molar-refractivity contribution in [2.45, 2.75) is 12.7 Å². The summed E-state index contributed by atoms with van der Waals surface area (Å²) in [5.41, 5.74) is 7.53. The number of alkyl halides is 3. The van der Waals surface area contributed by atoms with Crippen molar-refractivity contribution in [1.29, 1.82) is 0 Å². The van der Waals surface area contributed by atoms with Crippen LogP contribution < -0.4 is 5.73 Å². The fourth-order valence-corrected chi connectivity index (χ4v) is 3.88. The number of carbonyl (C=O) groups is 1. The van der Waals surface area contributed by atoms with Crippen molar-refractivity contribution in [1.82, 2.24) is 25.0 Å². The van der Waals surface area contributed by atoms with Crippen LogP contribution in [0.1, 0.15) is 21.6 Å². The van der Waals surface area contributed by atoms with Gasteiger partial charge in [0.15, 0.2) is 0 Å². The maximum atomic E-state index is 13.3. The number of benzene rings is 2. The average Bonchev–Trinajstić information content (AvgIpc) is 3.45. The summed E-state index contributed by atoms with van der Waals surface area (Å²) in [4.78, 5) is 15.0. The van der Waals surface area contributed by atoms with Crippen LogP contribution in [0.5, 0.6) is 0 Å². The lowest BCUT2D eigenvalue weighted by molar-refractivity contribution is -0.138. The zero-order valence-electron chi connectivity index (χ0n) is 15.9. The molecule has 0 saturated carbocycles. The van der Waals surface area contributed by atoms with Crippen molar-refractivity contribution in [3.63, 3.8) is 0 Å². The highest BCUT2D eigenvalue weighted by Gasteiger charge is 2.38. The summed E-state index contributed by atoms with van der Waals surface area (Å²) in [6, 6.07) is 11.6. The number of aromatic amines is 2. The first-order valence-electron chi connectivity index (χ1n) is 9.28. The Kier molecular flexibility index (Phi) is 4.10. The number of hydrogen-bond acceptors (Lipinski definition) is 3. The smallest absolute Gasteiger partial charge is 0.364 e. The second-order valence-electron chi connectivity index (χ2n) is 7.14. The predicted octanol–water partition coefficient (Wildman–Crippen LogP) is 4.07. The van der Waals surface area contributed by atoms with Gasteiger partial charge in [-0.15, -0.1) is 0 Å². The molecule has 0 spiro atoms. The van der Waals surface area contributed by atoms with Gasteiger partial charge in [0.1, 0.15) is 11.3 Å². The van der Waals surface area contributed by atoms with Crippen LogP contribution in [-0.2, 0) is 12.7 Å². The molecule has 10 heteroatoms. The Bertz CT molecular complexity index is 1440. The highest BCUT2D eigenvalue weighted by Crippen LogP contribution is 2.34. The molecule has 2 aromatic carbocycles. The number of halogens is 3. The lowest BCUT2D eigenvalue weighted by atomic mass is 9.97. The van der Waals surface area contributed by atoms with E-state index in [1.165, 1.54) is 0 Å². The Morgan fingerprint density at radius 3 is 2.71 bits per heavy atom. The van der Waals surface area contributed by atoms with Gasteiger partial charge in [0.05, 0.1) is 24.5 Å². The number of fused-ring (bicyclic) bond motifs is 2. The molecule has 0 fully saturated rings. The highest BCUT2D eigenvalue weighted by molar-refractivity contribution is 5.98. The number of hydrogen-bond donors (Lipinski definition) is 3. The van der Waals surface area contributed by atoms with Gasteiger partial charge in [0, 0.05) is 22.5 Å². The number of aromatic nitrogens is 5. The molecule has 0 radical (unpaired) electrons. The molecule has 0 aliphatic rings. The Hall–Kier alpha value is -4.08. The molecule has 1 amide bonds. The molecule has 4 N–H and O–H groups in total. The number of nitrogens with zero attached hydrogens (tertiary/aromatic N) is 3. The molecule has 5 rings (SSSR count). The van der Waals surface area contributed by atoms with E-state index >= 15 is 0 Å². The Balaban J connectivity index is 1.67. The molecule has 7 nitrogen and oxygen atoms in total. The fourth-order valence-electron chi connectivity index (χ4n) is 3.88. The minimum atomic E-state index is -4.74. The van der Waals surface area contributed by atoms with Crippen LogP contribution in [0.3, 0.4) is 0 Å². The third-order valence-corrected chi connectivity index (χ3v) is 5.25. The van der Waals surface area contributed by atoms with Crippen LogP contribution in [0.2, 0.25) is 0 Å². The molecule has 0 atom stereocenters. The van der Waals surface area contributed by atoms with Crippen molar-refractivity contribution >= 4 is 27.7 Å². The summed E-state index contributed by atoms with van der Waals surface area (Å²) in [5, 5.41) is 12.5. The number of amides is 1. The number of rotatable bonds is 4. The largest absolute Gasteiger partial charge is 0.420 e. The molecule has 0 aliphatic heterocycles. The molecule has 5 aromatic rings. The summed E-state index contributed by atoms with van der Waals surface area (Å²) in [7, 11) is 0. The quantitative estimate of drug-likeness (QED) is 0.405. The second kappa shape index (κ2) is 6.73. The lowest BCUT2D eigenvalue weighted by Gasteiger charge is -2.12. The molecule has 0 aliphatic carbocycles. The summed E-state index contributed by atoms with van der Waals surface area (Å²) >= 11 is 0. The van der Waals surface area contributed by atoms with Crippen LogP contribution in [0, 0.1) is 0 Å². The zero-order valence-corrected chi connectivity index (χ0v) is 15.9. The van der Waals surface area contributed by atoms with E-state index in [1.807, 2.05) is 42.6 Å². The van der Waals surface area contributed by atoms with Gasteiger partial charge in [-0.1, -0.05) is 12.1 Å². The molecular formula is C21H15F3N6O. The van der Waals surface area contributed by atoms with Gasteiger partial charge >= 0.3 is 6.18 Å². The normalized spacial score (nSPS) is 12.1. The minimum absolute atomic E-state index is 0.0820. The van der Waals surface area contributed by atoms with Crippen LogP contribution in [-0.4, -0.2) is 30.9 Å². The SMILES string of the molecule is NC(=O)c1c(C(F)(F)F)cnn1Cc1cc(-c2cccc3[nH]ccc23)cc2[nH]ncc12. The third kappa shape index (κ3) is 3.12. The summed E-state index contributed by atoms with van der Waals surface area (Å²) in [6.07, 6.45) is -0.689. The van der Waals surface area contributed by atoms with Gasteiger partial charge in [0.25, 0.3) is 5.91 Å². The maximum absolute atomic E-state index is 13.3. The monoisotopic (exact) mass is 424 g/mol. The van der Waals surface area contributed by atoms with E-state index in [4.69, 9.17) is 5.73 Å². The topological polar surface area (TPSA) is 105 Å². The van der Waals surface area contributed by atoms with E-state index in [-0.39, 0.29) is 6.54 Å². The van der Waals surface area contributed by atoms with Gasteiger partial charge in [-0.25, -0.2) is 0 Å². The second-order valence-corrected chi connectivity index (χ2v) is 7.14. The number of nitrogens with two attached hydrogens (primary N) is 1. The van der Waals surface area contributed by atoms with E-state index in [0.29, 0.717) is 22.7 Å². The average molecular weight is 424 g/mol. The minimum Gasteiger partial charge on any atom is -0.364 e. The summed E-state index contributed by atoms with van der Waals surface area (Å²) < 4.78 is 40.8. The molecule has 3 heterocycles. The van der Waals surface area contributed by atoms with Gasteiger partial charge in [-0.2, -0.15) is 23.4 Å². The molecular weight excluding hydrogens is 409 g/mol. The standard InChI is InChI=1S/C21H15F3N6O/c22-21(23,24)16-9-28-30(19(16)20(25)31)10-12-6-11(7-18-15(12)8-27-29-18)13-2-1-3-17-14(13)4-5-26-17/h1-9,26H,10H2,(H2,25,31)(H,27,29). The molecule has 31 heavy (non-hydrogen) atoms. The predicted molar refractivity (Wildman–Crippen MR) is 108 cm³/mol. The first-order valence-corrected chi connectivity index (χ1v) is 9.28. The lowest BCUT2D eigenvalue weighted by Crippen LogP contribution is -2.22. The van der Waals surface area contributed by atoms with Gasteiger partial charge in [0.2, 0.25) is 0 Å². The van der Waals surface area contributed by atoms with E-state index < -0.39 is 23.3 Å². The van der Waals surface area contributed by atoms with Crippen molar-refractivity contribution in [3.05, 3.63) is 71.8 Å². The van der Waals surface area contributed by atoms with Crippen LogP contribution >= 0.6 is 0 Å². The van der Waals surface area contributed by atoms with Crippen molar-refractivity contribution in [2.24, 2.45) is 5.73 Å². The first kappa shape index (κ1) is 18.9. The van der Waals surface area contributed by atoms with Gasteiger partial charge in [-0.05, 0) is 41.0 Å². The number of H-pyrrole nitrogens is 2. The van der Waals surface area contributed by atoms with E-state index in [2.05, 4.69) is 20.3 Å². The highest BCUT2D eigenvalue weighted by atomic mass is 19.4. The van der Waals surface area contributed by atoms with E-state index in [9.17, 15) is 18.0 Å². The number of carbonyl (C=O) groups excluding carboxylic acids is 1. The van der Waals surface area contributed by atoms with Crippen LogP contribution in [0.4, 0.5) is 13.2 Å². The van der Waals surface area contributed by atoms with Crippen molar-refractivity contribution in [3.8, 4) is 11.1 Å². The Morgan fingerprint density at radius 1 is 1.10 bits per heavy atom. The van der Waals surface area contributed by atoms with E-state index in [0.717, 1.165) is 26.7 Å². The van der Waals surface area contributed by atoms with Crippen molar-refractivity contribution in [2.75, 3.05) is 0 Å². The number of primary amides is 1. The Labute approximate surface area is 172 Å². The third-order valence-electron chi connectivity index (χ3n) is 5.25. The fraction of sp³-hybridized carbons (Fsp3) is 0.0952. The Morgan fingerprint density at radius 2 is 1.94 bits per heavy atom. The number of nitrogens with one attached hydrogen (secondary N) is 2. The molecule has 0 bridgehead atoms. The van der Waals surface area contributed by atoms with Crippen LogP contribution in [0.25, 0.3) is 32.9 Å². The maximum Gasteiger partial charge on any atom is 0.420 e. The van der Waals surface area contributed by atoms with Gasteiger partial charge in [-0.3, -0.25) is 14.6 Å². The van der Waals surface area contributed by atoms with Crippen LogP contribution in [0.15, 0.2) is 55.0 Å². The van der Waals surface area contributed by atoms with Crippen molar-refractivity contribution < 1.29 is 18.0 Å². The molecule has 3 aromatic heterocycles. The molecule has 0 unspecified atom stereocenters. The summed E-state index contributed by atoms with van der Waals surface area (Å²) in [5.74, 6) is -1.19. The first-order chi connectivity index (χ1) is 14.8. The van der Waals surface area contributed by atoms with E-state index in [1.54, 1.807) is 6.20 Å². The van der Waals surface area contributed by atoms with Gasteiger partial charge < -0.3 is 10.7 Å². The molecule has 156 valence electrons.